The molecule has 20 heavy (non-hydrogen) atoms. The second-order valence-electron chi connectivity index (χ2n) is 3.84. The normalized spacial score (nSPS) is 10.1. The molecule has 0 spiro atoms. The van der Waals surface area contributed by atoms with E-state index in [0.717, 1.165) is 0 Å². The van der Waals surface area contributed by atoms with Crippen molar-refractivity contribution in [2.75, 3.05) is 5.43 Å². The summed E-state index contributed by atoms with van der Waals surface area (Å²) in [5, 5.41) is 10.7. The van der Waals surface area contributed by atoms with Gasteiger partial charge in [0, 0.05) is 12.3 Å². The van der Waals surface area contributed by atoms with Crippen LogP contribution in [0.1, 0.15) is 5.69 Å². The van der Waals surface area contributed by atoms with E-state index in [2.05, 4.69) is 26.3 Å². The van der Waals surface area contributed by atoms with Crippen LogP contribution in [-0.2, 0) is 6.61 Å². The zero-order valence-electron chi connectivity index (χ0n) is 10.2. The second-order valence-corrected chi connectivity index (χ2v) is 4.70. The molecule has 0 fully saturated rings. The number of nitro groups is 1. The summed E-state index contributed by atoms with van der Waals surface area (Å²) in [6.07, 6.45) is 1.59. The number of benzene rings is 1. The molecule has 0 aliphatic heterocycles. The van der Waals surface area contributed by atoms with Crippen molar-refractivity contribution in [3.63, 3.8) is 0 Å². The summed E-state index contributed by atoms with van der Waals surface area (Å²) in [4.78, 5) is 14.4. The summed E-state index contributed by atoms with van der Waals surface area (Å²) in [7, 11) is 0. The van der Waals surface area contributed by atoms with Crippen LogP contribution in [0.25, 0.3) is 0 Å². The Bertz CT molecular complexity index is 636. The maximum absolute atomic E-state index is 10.7. The van der Waals surface area contributed by atoms with Gasteiger partial charge in [-0.3, -0.25) is 20.9 Å². The molecule has 1 aromatic carbocycles. The van der Waals surface area contributed by atoms with Gasteiger partial charge in [0.05, 0.1) is 26.8 Å². The predicted molar refractivity (Wildman–Crippen MR) is 77.2 cm³/mol. The maximum Gasteiger partial charge on any atom is 0.273 e. The monoisotopic (exact) mass is 338 g/mol. The van der Waals surface area contributed by atoms with Crippen molar-refractivity contribution >= 4 is 27.3 Å². The quantitative estimate of drug-likeness (QED) is 0.493. The Kier molecular flexibility index (Phi) is 4.49. The van der Waals surface area contributed by atoms with E-state index in [9.17, 15) is 10.1 Å². The van der Waals surface area contributed by atoms with Crippen LogP contribution in [0.5, 0.6) is 5.75 Å². The lowest BCUT2D eigenvalue weighted by atomic mass is 10.3. The van der Waals surface area contributed by atoms with E-state index in [1.54, 1.807) is 24.4 Å². The number of nitrogens with one attached hydrogen (secondary N) is 1. The van der Waals surface area contributed by atoms with Crippen molar-refractivity contribution in [3.8, 4) is 5.75 Å². The molecule has 104 valence electrons. The third-order valence-electron chi connectivity index (χ3n) is 2.48. The molecule has 0 saturated carbocycles. The fourth-order valence-corrected chi connectivity index (χ4v) is 1.88. The number of ether oxygens (including phenoxy) is 1. The molecule has 7 nitrogen and oxygen atoms in total. The van der Waals surface area contributed by atoms with Gasteiger partial charge in [-0.05, 0) is 34.1 Å². The number of pyridine rings is 1. The summed E-state index contributed by atoms with van der Waals surface area (Å²) < 4.78 is 6.17. The number of aromatic nitrogens is 1. The smallest absolute Gasteiger partial charge is 0.273 e. The molecule has 1 aromatic heterocycles. The Morgan fingerprint density at radius 2 is 2.20 bits per heavy atom. The highest BCUT2D eigenvalue weighted by atomic mass is 79.9. The van der Waals surface area contributed by atoms with Gasteiger partial charge in [0.2, 0.25) is 0 Å². The molecule has 0 bridgehead atoms. The molecular weight excluding hydrogens is 328 g/mol. The van der Waals surface area contributed by atoms with Gasteiger partial charge >= 0.3 is 0 Å². The van der Waals surface area contributed by atoms with E-state index >= 15 is 0 Å². The number of nitrogens with two attached hydrogens (primary N) is 1. The molecule has 0 radical (unpaired) electrons. The highest BCUT2D eigenvalue weighted by molar-refractivity contribution is 9.10. The number of nitrogen functional groups attached to an aromatic ring is 1. The lowest BCUT2D eigenvalue weighted by Crippen LogP contribution is -2.08. The van der Waals surface area contributed by atoms with Gasteiger partial charge in [0.15, 0.2) is 0 Å². The Morgan fingerprint density at radius 1 is 1.40 bits per heavy atom. The molecule has 0 atom stereocenters. The van der Waals surface area contributed by atoms with Crippen molar-refractivity contribution < 1.29 is 9.66 Å². The van der Waals surface area contributed by atoms with Gasteiger partial charge in [0.1, 0.15) is 12.4 Å². The number of non-ortho nitro benzene ring substituents is 1. The van der Waals surface area contributed by atoms with Crippen molar-refractivity contribution in [1.29, 1.82) is 0 Å². The number of hydrogen-bond donors (Lipinski definition) is 2. The van der Waals surface area contributed by atoms with Crippen molar-refractivity contribution in [3.05, 3.63) is 56.8 Å². The molecule has 3 N–H and O–H groups in total. The van der Waals surface area contributed by atoms with Gasteiger partial charge in [0.25, 0.3) is 5.69 Å². The van der Waals surface area contributed by atoms with Gasteiger partial charge in [-0.2, -0.15) is 0 Å². The van der Waals surface area contributed by atoms with Crippen LogP contribution < -0.4 is 16.0 Å². The van der Waals surface area contributed by atoms with E-state index in [1.807, 2.05) is 0 Å². The molecule has 2 rings (SSSR count). The summed E-state index contributed by atoms with van der Waals surface area (Å²) >= 11 is 3.28. The number of hydrazine groups is 1. The second kappa shape index (κ2) is 6.31. The third-order valence-corrected chi connectivity index (χ3v) is 3.14. The standard InChI is InChI=1S/C12H11BrN4O3/c13-11-2-1-10(17(18)19)6-12(11)20-7-9-5-8(16-14)3-4-15-9/h1-6H,7,14H2,(H,15,16). The van der Waals surface area contributed by atoms with Crippen LogP contribution in [-0.4, -0.2) is 9.91 Å². The van der Waals surface area contributed by atoms with Crippen LogP contribution in [0.15, 0.2) is 41.0 Å². The van der Waals surface area contributed by atoms with Gasteiger partial charge in [-0.25, -0.2) is 0 Å². The molecule has 2 aromatic rings. The van der Waals surface area contributed by atoms with Crippen LogP contribution >= 0.6 is 15.9 Å². The fraction of sp³-hybridized carbons (Fsp3) is 0.0833. The summed E-state index contributed by atoms with van der Waals surface area (Å²) in [5.41, 5.74) is 3.83. The number of nitro benzene ring substituents is 1. The largest absolute Gasteiger partial charge is 0.486 e. The minimum absolute atomic E-state index is 0.0338. The fourth-order valence-electron chi connectivity index (χ4n) is 1.51. The molecule has 1 heterocycles. The molecular formula is C12H11BrN4O3. The number of nitrogens with zero attached hydrogens (tertiary/aromatic N) is 2. The molecule has 0 aliphatic rings. The van der Waals surface area contributed by atoms with Crippen molar-refractivity contribution in [2.24, 2.45) is 5.84 Å². The first-order chi connectivity index (χ1) is 9.60. The van der Waals surface area contributed by atoms with E-state index in [-0.39, 0.29) is 12.3 Å². The van der Waals surface area contributed by atoms with Crippen LogP contribution in [0.3, 0.4) is 0 Å². The maximum atomic E-state index is 10.7. The van der Waals surface area contributed by atoms with Crippen molar-refractivity contribution in [1.82, 2.24) is 4.98 Å². The number of halogens is 1. The van der Waals surface area contributed by atoms with Crippen LogP contribution in [0.2, 0.25) is 0 Å². The van der Waals surface area contributed by atoms with Crippen LogP contribution in [0.4, 0.5) is 11.4 Å². The molecule has 0 amide bonds. The molecule has 0 saturated heterocycles. The van der Waals surface area contributed by atoms with E-state index in [4.69, 9.17) is 10.6 Å². The molecule has 8 heteroatoms. The number of rotatable bonds is 5. The highest BCUT2D eigenvalue weighted by Crippen LogP contribution is 2.29. The first kappa shape index (κ1) is 14.2. The minimum atomic E-state index is -0.476. The first-order valence-corrected chi connectivity index (χ1v) is 6.37. The van der Waals surface area contributed by atoms with E-state index in [1.165, 1.54) is 12.1 Å². The molecule has 0 aliphatic carbocycles. The minimum Gasteiger partial charge on any atom is -0.486 e. The third kappa shape index (κ3) is 3.43. The Balaban J connectivity index is 2.13. The Hall–Kier alpha value is -2.19. The number of anilines is 1. The predicted octanol–water partition coefficient (Wildman–Crippen LogP) is 2.62. The van der Waals surface area contributed by atoms with E-state index < -0.39 is 4.92 Å². The summed E-state index contributed by atoms with van der Waals surface area (Å²) in [6, 6.07) is 7.76. The zero-order chi connectivity index (χ0) is 14.5. The number of hydrogen-bond acceptors (Lipinski definition) is 6. The van der Waals surface area contributed by atoms with Gasteiger partial charge < -0.3 is 10.2 Å². The van der Waals surface area contributed by atoms with Gasteiger partial charge in [-0.1, -0.05) is 0 Å². The lowest BCUT2D eigenvalue weighted by Gasteiger charge is -2.08. The highest BCUT2D eigenvalue weighted by Gasteiger charge is 2.10. The SMILES string of the molecule is NNc1ccnc(COc2cc([N+](=O)[O-])ccc2Br)c1. The van der Waals surface area contributed by atoms with Gasteiger partial charge in [-0.15, -0.1) is 0 Å². The lowest BCUT2D eigenvalue weighted by molar-refractivity contribution is -0.385. The van der Waals surface area contributed by atoms with E-state index in [0.29, 0.717) is 21.6 Å². The average Bonchev–Trinajstić information content (AvgIpc) is 2.46. The first-order valence-electron chi connectivity index (χ1n) is 5.58. The average molecular weight is 339 g/mol. The Labute approximate surface area is 123 Å². The summed E-state index contributed by atoms with van der Waals surface area (Å²) in [6.45, 7) is 0.176. The topological polar surface area (TPSA) is 103 Å². The zero-order valence-corrected chi connectivity index (χ0v) is 11.8. The van der Waals surface area contributed by atoms with Crippen LogP contribution in [0, 0.1) is 10.1 Å². The summed E-state index contributed by atoms with van der Waals surface area (Å²) in [5.74, 6) is 5.68. The molecule has 0 unspecified atom stereocenters. The van der Waals surface area contributed by atoms with Crippen molar-refractivity contribution in [2.45, 2.75) is 6.61 Å². The Morgan fingerprint density at radius 3 is 2.90 bits per heavy atom.